The van der Waals surface area contributed by atoms with Gasteiger partial charge in [-0.2, -0.15) is 13.2 Å². The van der Waals surface area contributed by atoms with Crippen molar-refractivity contribution in [2.75, 3.05) is 18.4 Å². The van der Waals surface area contributed by atoms with Gasteiger partial charge in [0.25, 0.3) is 0 Å². The SMILES string of the molecule is CCCCNCCC(=O)Nc1ccccc1C(F)(F)F. The fourth-order valence-electron chi connectivity index (χ4n) is 1.68. The van der Waals surface area contributed by atoms with Crippen LogP contribution in [-0.4, -0.2) is 19.0 Å². The molecule has 2 N–H and O–H groups in total. The molecule has 1 amide bonds. The molecule has 0 atom stereocenters. The molecule has 112 valence electrons. The average Bonchev–Trinajstić information content (AvgIpc) is 2.38. The summed E-state index contributed by atoms with van der Waals surface area (Å²) in [6, 6.07) is 4.97. The Hall–Kier alpha value is -1.56. The summed E-state index contributed by atoms with van der Waals surface area (Å²) in [6.07, 6.45) is -2.25. The minimum Gasteiger partial charge on any atom is -0.325 e. The van der Waals surface area contributed by atoms with Crippen molar-refractivity contribution >= 4 is 11.6 Å². The molecule has 0 unspecified atom stereocenters. The van der Waals surface area contributed by atoms with Crippen LogP contribution in [0.2, 0.25) is 0 Å². The number of unbranched alkanes of at least 4 members (excludes halogenated alkanes) is 1. The summed E-state index contributed by atoms with van der Waals surface area (Å²) in [4.78, 5) is 11.6. The molecular weight excluding hydrogens is 269 g/mol. The molecule has 0 fully saturated rings. The number of para-hydroxylation sites is 1. The standard InChI is InChI=1S/C14H19F3N2O/c1-2-3-9-18-10-8-13(20)19-12-7-5-4-6-11(12)14(15,16)17/h4-7,18H,2-3,8-10H2,1H3,(H,19,20). The molecule has 0 spiro atoms. The maximum absolute atomic E-state index is 12.7. The minimum absolute atomic E-state index is 0.149. The molecule has 0 saturated heterocycles. The van der Waals surface area contributed by atoms with Gasteiger partial charge in [0, 0.05) is 13.0 Å². The third-order valence-corrected chi connectivity index (χ3v) is 2.74. The molecule has 0 bridgehead atoms. The van der Waals surface area contributed by atoms with Gasteiger partial charge in [-0.25, -0.2) is 0 Å². The van der Waals surface area contributed by atoms with Gasteiger partial charge in [-0.3, -0.25) is 4.79 Å². The van der Waals surface area contributed by atoms with Crippen molar-refractivity contribution in [1.29, 1.82) is 0 Å². The topological polar surface area (TPSA) is 41.1 Å². The van der Waals surface area contributed by atoms with Crippen LogP contribution in [0.5, 0.6) is 0 Å². The number of carbonyl (C=O) groups excluding carboxylic acids is 1. The summed E-state index contributed by atoms with van der Waals surface area (Å²) in [6.45, 7) is 3.32. The van der Waals surface area contributed by atoms with Crippen molar-refractivity contribution < 1.29 is 18.0 Å². The van der Waals surface area contributed by atoms with Crippen LogP contribution < -0.4 is 10.6 Å². The van der Waals surface area contributed by atoms with E-state index in [1.165, 1.54) is 18.2 Å². The fraction of sp³-hybridized carbons (Fsp3) is 0.500. The van der Waals surface area contributed by atoms with Crippen LogP contribution in [0.4, 0.5) is 18.9 Å². The monoisotopic (exact) mass is 288 g/mol. The van der Waals surface area contributed by atoms with E-state index >= 15 is 0 Å². The highest BCUT2D eigenvalue weighted by Crippen LogP contribution is 2.34. The number of hydrogen-bond donors (Lipinski definition) is 2. The van der Waals surface area contributed by atoms with E-state index in [4.69, 9.17) is 0 Å². The molecular formula is C14H19F3N2O. The minimum atomic E-state index is -4.47. The summed E-state index contributed by atoms with van der Waals surface area (Å²) in [5.74, 6) is -0.425. The Kier molecular flexibility index (Phi) is 6.51. The molecule has 1 rings (SSSR count). The molecule has 0 heterocycles. The molecule has 0 radical (unpaired) electrons. The number of benzene rings is 1. The molecule has 20 heavy (non-hydrogen) atoms. The molecule has 1 aromatic rings. The maximum atomic E-state index is 12.7. The van der Waals surface area contributed by atoms with Gasteiger partial charge >= 0.3 is 6.18 Å². The second-order valence-electron chi connectivity index (χ2n) is 4.45. The lowest BCUT2D eigenvalue weighted by Crippen LogP contribution is -2.23. The smallest absolute Gasteiger partial charge is 0.325 e. The lowest BCUT2D eigenvalue weighted by atomic mass is 10.1. The summed E-state index contributed by atoms with van der Waals surface area (Å²) in [5.41, 5.74) is -1.02. The third-order valence-electron chi connectivity index (χ3n) is 2.74. The van der Waals surface area contributed by atoms with E-state index in [-0.39, 0.29) is 12.1 Å². The van der Waals surface area contributed by atoms with Crippen LogP contribution in [0, 0.1) is 0 Å². The second-order valence-corrected chi connectivity index (χ2v) is 4.45. The predicted molar refractivity (Wildman–Crippen MR) is 72.5 cm³/mol. The van der Waals surface area contributed by atoms with Gasteiger partial charge in [-0.15, -0.1) is 0 Å². The van der Waals surface area contributed by atoms with Gasteiger partial charge in [-0.05, 0) is 25.1 Å². The first-order valence-corrected chi connectivity index (χ1v) is 6.62. The lowest BCUT2D eigenvalue weighted by molar-refractivity contribution is -0.137. The van der Waals surface area contributed by atoms with Crippen molar-refractivity contribution in [3.8, 4) is 0 Å². The van der Waals surface area contributed by atoms with Crippen molar-refractivity contribution in [2.45, 2.75) is 32.4 Å². The number of carbonyl (C=O) groups is 1. The van der Waals surface area contributed by atoms with E-state index < -0.39 is 17.6 Å². The second kappa shape index (κ2) is 7.89. The van der Waals surface area contributed by atoms with Crippen LogP contribution in [0.3, 0.4) is 0 Å². The molecule has 0 aromatic heterocycles. The van der Waals surface area contributed by atoms with Crippen LogP contribution in [0.15, 0.2) is 24.3 Å². The predicted octanol–water partition coefficient (Wildman–Crippen LogP) is 3.42. The van der Waals surface area contributed by atoms with Crippen molar-refractivity contribution in [3.05, 3.63) is 29.8 Å². The van der Waals surface area contributed by atoms with E-state index in [0.717, 1.165) is 25.5 Å². The van der Waals surface area contributed by atoms with Gasteiger partial charge in [0.1, 0.15) is 0 Å². The fourth-order valence-corrected chi connectivity index (χ4v) is 1.68. The molecule has 6 heteroatoms. The molecule has 1 aromatic carbocycles. The Balaban J connectivity index is 2.50. The average molecular weight is 288 g/mol. The maximum Gasteiger partial charge on any atom is 0.418 e. The van der Waals surface area contributed by atoms with E-state index in [2.05, 4.69) is 17.6 Å². The van der Waals surface area contributed by atoms with E-state index in [1.54, 1.807) is 0 Å². The van der Waals surface area contributed by atoms with Crippen molar-refractivity contribution in [2.24, 2.45) is 0 Å². The molecule has 0 aliphatic rings. The first kappa shape index (κ1) is 16.5. The van der Waals surface area contributed by atoms with Crippen LogP contribution in [-0.2, 0) is 11.0 Å². The van der Waals surface area contributed by atoms with Crippen LogP contribution >= 0.6 is 0 Å². The van der Waals surface area contributed by atoms with Crippen molar-refractivity contribution in [3.63, 3.8) is 0 Å². The quantitative estimate of drug-likeness (QED) is 0.755. The summed E-state index contributed by atoms with van der Waals surface area (Å²) in [7, 11) is 0. The Bertz CT molecular complexity index is 433. The molecule has 3 nitrogen and oxygen atoms in total. The van der Waals surface area contributed by atoms with Crippen LogP contribution in [0.1, 0.15) is 31.7 Å². The van der Waals surface area contributed by atoms with Crippen molar-refractivity contribution in [1.82, 2.24) is 5.32 Å². The Morgan fingerprint density at radius 2 is 1.90 bits per heavy atom. The highest BCUT2D eigenvalue weighted by Gasteiger charge is 2.33. The summed E-state index contributed by atoms with van der Waals surface area (Å²) < 4.78 is 38.2. The number of halogens is 3. The van der Waals surface area contributed by atoms with Gasteiger partial charge in [0.15, 0.2) is 0 Å². The zero-order chi connectivity index (χ0) is 15.0. The summed E-state index contributed by atoms with van der Waals surface area (Å²) >= 11 is 0. The first-order chi connectivity index (χ1) is 9.45. The number of alkyl halides is 3. The summed E-state index contributed by atoms with van der Waals surface area (Å²) in [5, 5.41) is 5.37. The third kappa shape index (κ3) is 5.61. The highest BCUT2D eigenvalue weighted by molar-refractivity contribution is 5.91. The zero-order valence-electron chi connectivity index (χ0n) is 11.4. The molecule has 0 aliphatic heterocycles. The Labute approximate surface area is 116 Å². The largest absolute Gasteiger partial charge is 0.418 e. The van der Waals surface area contributed by atoms with E-state index in [0.29, 0.717) is 6.54 Å². The van der Waals surface area contributed by atoms with Crippen LogP contribution in [0.25, 0.3) is 0 Å². The first-order valence-electron chi connectivity index (χ1n) is 6.62. The van der Waals surface area contributed by atoms with Gasteiger partial charge in [0.2, 0.25) is 5.91 Å². The normalized spacial score (nSPS) is 11.4. The van der Waals surface area contributed by atoms with E-state index in [1.807, 2.05) is 0 Å². The van der Waals surface area contributed by atoms with Gasteiger partial charge in [0.05, 0.1) is 11.3 Å². The molecule has 0 saturated carbocycles. The molecule has 0 aliphatic carbocycles. The van der Waals surface area contributed by atoms with Gasteiger partial charge < -0.3 is 10.6 Å². The Morgan fingerprint density at radius 3 is 2.55 bits per heavy atom. The number of rotatable bonds is 7. The van der Waals surface area contributed by atoms with Gasteiger partial charge in [-0.1, -0.05) is 25.5 Å². The number of nitrogens with one attached hydrogen (secondary N) is 2. The lowest BCUT2D eigenvalue weighted by Gasteiger charge is -2.13. The number of hydrogen-bond acceptors (Lipinski definition) is 2. The number of anilines is 1. The van der Waals surface area contributed by atoms with E-state index in [9.17, 15) is 18.0 Å². The Morgan fingerprint density at radius 1 is 1.20 bits per heavy atom. The zero-order valence-corrected chi connectivity index (χ0v) is 11.4. The number of amides is 1. The highest BCUT2D eigenvalue weighted by atomic mass is 19.4.